The van der Waals surface area contributed by atoms with Crippen LogP contribution in [-0.2, 0) is 85.5 Å². The molecule has 1 aromatic carbocycles. The van der Waals surface area contributed by atoms with Gasteiger partial charge in [-0.05, 0) is 130 Å². The van der Waals surface area contributed by atoms with E-state index in [1.807, 2.05) is 33.8 Å². The van der Waals surface area contributed by atoms with E-state index in [9.17, 15) is 111 Å². The number of ether oxygens (including phenoxy) is 15. The number of esters is 3. The summed E-state index contributed by atoms with van der Waals surface area (Å²) >= 11 is 0. The van der Waals surface area contributed by atoms with Crippen molar-refractivity contribution in [2.75, 3.05) is 40.1 Å². The summed E-state index contributed by atoms with van der Waals surface area (Å²) in [6, 6.07) is 6.44. The van der Waals surface area contributed by atoms with Gasteiger partial charge in [0.25, 0.3) is 0 Å². The molecule has 4 saturated carbocycles. The number of benzene rings is 1. The van der Waals surface area contributed by atoms with Crippen LogP contribution in [0.3, 0.4) is 0 Å². The molecule has 6 heterocycles. The molecule has 1 aromatic rings. The highest BCUT2D eigenvalue weighted by atomic mass is 16.8. The Labute approximate surface area is 661 Å². The Hall–Kier alpha value is -4.78. The molecule has 40 atom stereocenters. The number of hydrogen-bond donors (Lipinski definition) is 19. The van der Waals surface area contributed by atoms with Gasteiger partial charge in [-0.3, -0.25) is 14.4 Å². The topological polar surface area (TPSA) is 591 Å². The van der Waals surface area contributed by atoms with Gasteiger partial charge in [-0.25, -0.2) is 4.79 Å². The van der Waals surface area contributed by atoms with E-state index in [2.05, 4.69) is 0 Å². The molecule has 650 valence electrons. The van der Waals surface area contributed by atoms with E-state index < -0.39 is 304 Å². The lowest BCUT2D eigenvalue weighted by Crippen LogP contribution is -2.71. The van der Waals surface area contributed by atoms with Crippen molar-refractivity contribution in [2.24, 2.45) is 50.2 Å². The molecule has 5 aliphatic carbocycles. The Kier molecular flexibility index (Phi) is 26.9. The molecule has 11 aliphatic rings. The van der Waals surface area contributed by atoms with Gasteiger partial charge >= 0.3 is 23.9 Å². The van der Waals surface area contributed by atoms with Gasteiger partial charge in [-0.2, -0.15) is 0 Å². The normalized spacial score (nSPS) is 49.1. The Morgan fingerprint density at radius 3 is 1.72 bits per heavy atom. The van der Waals surface area contributed by atoms with E-state index in [0.717, 1.165) is 13.0 Å². The molecule has 38 heteroatoms. The number of aliphatic hydroxyl groups is 18. The number of hydrogen-bond acceptors (Lipinski definition) is 37. The average molecular weight is 1650 g/mol. The predicted octanol–water partition coefficient (Wildman–Crippen LogP) is -4.87. The SMILES string of the molecule is COc1ccc(C=CC(=O)O[C@@H]2[C@H](O[C@@H]3O[C@H](CO)[C@@H](O)[C@H](O[C@@H]4O[C@H](COC(C)=O)[C@@H](O)[C@H](O)[C@H]4O)[C@H]3O)[C@@H](O[C@@H]3O[C@@H](C)[C@H](O[C@@H]4OC[C@@H](O)[C@H](O)[C@H]4O)[C@@H](O)[C@H]3O)[C@H](OC(=O)[C@@]34CC[C@]5(CO)C(=CC[C@@H]6[C@@]7(C)C[C@H](O)[C@H](O[C@@H]8O[C@H](CO)[C@@H](O)[C@H](O)[C@H]8O)[C@@](C)(C(=O)O)[C@@H]7CC[C@]65C)C3CC(C)(C)C[C@H]4O)O[C@@H]2C)cc1. The average Bonchev–Trinajstić information content (AvgIpc) is 0.666. The van der Waals surface area contributed by atoms with Crippen LogP contribution in [0.2, 0.25) is 0 Å². The standard InChI is InChI=1S/C77H114O38/c1-30-58(110-64-53(93)46(86)38(83)27-103-64)52(92)56(96)65(104-30)113-62-61(112-68-57(97)60(49(89)40(26-79)107-68)111-66-54(94)51(91)48(88)41(108-66)28-102-32(3)81)59(109-45(85)17-12-33-10-13-34(101-9)14-11-33)31(2)105-69(62)115-71(100)77-21-20-76(29-80)35(36(77)22-72(4,5)24-44(77)84)15-16-42-73(6)23-37(82)63(75(8,70(98)99)43(73)18-19-74(42,76)7)114-67-55(95)50(90)47(87)39(25-78)106-67/h10-15,17,30-31,36-44,46-69,78-80,82-84,86-97H,16,18-29H2,1-9H3,(H,98,99)/t30-,31+,36?,37-,38+,39+,40+,41+,42+,43+,44+,46-,47+,48+,49+,50-,51-,52-,53+,54+,55+,56+,57+,58-,59-,60-,61-,62+,63-,64-,65-,66-,67-,68-,69-,73+,74+,75-,76-,77-/m0/s1. The molecule has 0 radical (unpaired) electrons. The molecule has 1 unspecified atom stereocenters. The van der Waals surface area contributed by atoms with Crippen molar-refractivity contribution >= 4 is 30.0 Å². The fraction of sp³-hybridized carbons (Fsp3) is 0.818. The summed E-state index contributed by atoms with van der Waals surface area (Å²) in [6.07, 6.45) is -55.9. The fourth-order valence-corrected chi connectivity index (χ4v) is 20.9. The molecule has 10 fully saturated rings. The Bertz CT molecular complexity index is 3610. The van der Waals surface area contributed by atoms with Crippen LogP contribution in [-0.4, -0.2) is 357 Å². The summed E-state index contributed by atoms with van der Waals surface area (Å²) in [5.41, 5.74) is -7.03. The Morgan fingerprint density at radius 1 is 0.539 bits per heavy atom. The van der Waals surface area contributed by atoms with Crippen molar-refractivity contribution in [3.05, 3.63) is 47.6 Å². The first kappa shape index (κ1) is 89.5. The Morgan fingerprint density at radius 2 is 1.10 bits per heavy atom. The van der Waals surface area contributed by atoms with Crippen LogP contribution in [0.25, 0.3) is 6.08 Å². The number of aliphatic hydroxyl groups excluding tert-OH is 18. The van der Waals surface area contributed by atoms with Crippen molar-refractivity contribution < 1.29 is 187 Å². The number of carbonyl (C=O) groups excluding carboxylic acids is 3. The second kappa shape index (κ2) is 34.6. The van der Waals surface area contributed by atoms with Gasteiger partial charge in [0.15, 0.2) is 43.7 Å². The summed E-state index contributed by atoms with van der Waals surface area (Å²) in [6.45, 7) is 9.13. The summed E-state index contributed by atoms with van der Waals surface area (Å²) in [5.74, 6) is -6.34. The van der Waals surface area contributed by atoms with Crippen molar-refractivity contribution in [1.82, 2.24) is 0 Å². The van der Waals surface area contributed by atoms with Crippen molar-refractivity contribution in [2.45, 2.75) is 303 Å². The molecular weight excluding hydrogens is 1530 g/mol. The lowest BCUT2D eigenvalue weighted by molar-refractivity contribution is -0.398. The first-order valence-corrected chi connectivity index (χ1v) is 39.1. The van der Waals surface area contributed by atoms with Gasteiger partial charge in [-0.15, -0.1) is 0 Å². The maximum Gasteiger partial charge on any atom is 0.331 e. The van der Waals surface area contributed by atoms with Gasteiger partial charge < -0.3 is 168 Å². The maximum atomic E-state index is 16.6. The number of carbonyl (C=O) groups is 4. The first-order valence-electron chi connectivity index (χ1n) is 39.1. The molecule has 0 spiro atoms. The van der Waals surface area contributed by atoms with Crippen LogP contribution >= 0.6 is 0 Å². The zero-order valence-electron chi connectivity index (χ0n) is 65.2. The molecule has 0 amide bonds. The van der Waals surface area contributed by atoms with E-state index in [0.29, 0.717) is 16.9 Å². The van der Waals surface area contributed by atoms with E-state index in [1.165, 1.54) is 34.0 Å². The van der Waals surface area contributed by atoms with Gasteiger partial charge in [0, 0.05) is 18.4 Å². The molecule has 6 aliphatic heterocycles. The van der Waals surface area contributed by atoms with Crippen molar-refractivity contribution in [3.8, 4) is 5.75 Å². The van der Waals surface area contributed by atoms with Crippen LogP contribution in [0.4, 0.5) is 0 Å². The first-order chi connectivity index (χ1) is 54.1. The number of rotatable bonds is 22. The third kappa shape index (κ3) is 16.1. The number of fused-ring (bicyclic) bond motifs is 7. The predicted molar refractivity (Wildman–Crippen MR) is 381 cm³/mol. The number of carboxylic acids is 1. The maximum absolute atomic E-state index is 16.6. The Balaban J connectivity index is 0.919. The highest BCUT2D eigenvalue weighted by Gasteiger charge is 2.75. The van der Waals surface area contributed by atoms with Crippen molar-refractivity contribution in [3.63, 3.8) is 0 Å². The van der Waals surface area contributed by atoms with Gasteiger partial charge in [0.05, 0.1) is 63.4 Å². The van der Waals surface area contributed by atoms with Gasteiger partial charge in [0.1, 0.15) is 140 Å². The summed E-state index contributed by atoms with van der Waals surface area (Å²) in [4.78, 5) is 57.0. The van der Waals surface area contributed by atoms with Gasteiger partial charge in [0.2, 0.25) is 6.29 Å². The molecule has 38 nitrogen and oxygen atoms in total. The third-order valence-electron chi connectivity index (χ3n) is 27.2. The van der Waals surface area contributed by atoms with Crippen LogP contribution < -0.4 is 4.74 Å². The second-order valence-electron chi connectivity index (χ2n) is 34.5. The van der Waals surface area contributed by atoms with Crippen molar-refractivity contribution in [1.29, 1.82) is 0 Å². The number of methoxy groups -OCH3 is 1. The quantitative estimate of drug-likeness (QED) is 0.0170. The van der Waals surface area contributed by atoms with Crippen LogP contribution in [0.15, 0.2) is 42.0 Å². The molecule has 0 bridgehead atoms. The van der Waals surface area contributed by atoms with Crippen LogP contribution in [0, 0.1) is 50.2 Å². The second-order valence-corrected chi connectivity index (χ2v) is 34.5. The van der Waals surface area contributed by atoms with E-state index in [1.54, 1.807) is 24.3 Å². The number of carboxylic acid groups (broad SMARTS) is 1. The minimum absolute atomic E-state index is 0.0255. The fourth-order valence-electron chi connectivity index (χ4n) is 20.9. The lowest BCUT2D eigenvalue weighted by Gasteiger charge is -2.71. The smallest absolute Gasteiger partial charge is 0.331 e. The molecule has 115 heavy (non-hydrogen) atoms. The minimum atomic E-state index is -2.35. The molecule has 12 rings (SSSR count). The number of allylic oxidation sites excluding steroid dienone is 1. The van der Waals surface area contributed by atoms with Crippen LogP contribution in [0.5, 0.6) is 5.75 Å². The zero-order chi connectivity index (χ0) is 84.0. The third-order valence-corrected chi connectivity index (χ3v) is 27.2. The minimum Gasteiger partial charge on any atom is -0.497 e. The van der Waals surface area contributed by atoms with Gasteiger partial charge in [-0.1, -0.05) is 51.5 Å². The molecule has 19 N–H and O–H groups in total. The zero-order valence-corrected chi connectivity index (χ0v) is 65.2. The molecule has 0 aromatic heterocycles. The highest BCUT2D eigenvalue weighted by molar-refractivity contribution is 5.87. The van der Waals surface area contributed by atoms with E-state index >= 15 is 4.79 Å². The van der Waals surface area contributed by atoms with E-state index in [-0.39, 0.29) is 51.4 Å². The monoisotopic (exact) mass is 1650 g/mol. The van der Waals surface area contributed by atoms with E-state index in [4.69, 9.17) is 71.1 Å². The molecular formula is C77H114O38. The van der Waals surface area contributed by atoms with Crippen LogP contribution in [0.1, 0.15) is 112 Å². The summed E-state index contributed by atoms with van der Waals surface area (Å²) in [7, 11) is 1.45. The largest absolute Gasteiger partial charge is 0.497 e. The summed E-state index contributed by atoms with van der Waals surface area (Å²) in [5, 5.41) is 216. The lowest BCUT2D eigenvalue weighted by atomic mass is 9.33. The highest BCUT2D eigenvalue weighted by Crippen LogP contribution is 2.76. The summed E-state index contributed by atoms with van der Waals surface area (Å²) < 4.78 is 90.7. The number of aliphatic carboxylic acids is 1. The molecule has 6 saturated heterocycles.